The van der Waals surface area contributed by atoms with E-state index < -0.39 is 17.5 Å². The molecule has 0 saturated heterocycles. The summed E-state index contributed by atoms with van der Waals surface area (Å²) in [6, 6.07) is 1.65. The van der Waals surface area contributed by atoms with Crippen molar-refractivity contribution in [3.05, 3.63) is 57.0 Å². The molecular weight excluding hydrogens is 378 g/mol. The van der Waals surface area contributed by atoms with Gasteiger partial charge in [-0.1, -0.05) is 11.6 Å². The Morgan fingerprint density at radius 1 is 1.26 bits per heavy atom. The van der Waals surface area contributed by atoms with Gasteiger partial charge < -0.3 is 9.64 Å². The molecule has 1 aromatic carbocycles. The van der Waals surface area contributed by atoms with Crippen molar-refractivity contribution in [3.8, 4) is 5.75 Å². The van der Waals surface area contributed by atoms with E-state index >= 15 is 0 Å². The summed E-state index contributed by atoms with van der Waals surface area (Å²) in [5.41, 5.74) is 3.36. The van der Waals surface area contributed by atoms with Gasteiger partial charge in [0.1, 0.15) is 5.82 Å². The zero-order valence-electron chi connectivity index (χ0n) is 14.8. The molecule has 0 atom stereocenters. The Balaban J connectivity index is 1.73. The van der Waals surface area contributed by atoms with Gasteiger partial charge in [-0.25, -0.2) is 18.3 Å². The summed E-state index contributed by atoms with van der Waals surface area (Å²) in [5, 5.41) is 5.03. The third-order valence-electron chi connectivity index (χ3n) is 4.69. The van der Waals surface area contributed by atoms with E-state index in [9.17, 15) is 13.6 Å². The summed E-state index contributed by atoms with van der Waals surface area (Å²) in [7, 11) is 1.23. The van der Waals surface area contributed by atoms with Gasteiger partial charge in [-0.05, 0) is 19.9 Å². The fraction of sp³-hybridized carbons (Fsp3) is 0.278. The number of hydrogen-bond donors (Lipinski definition) is 0. The van der Waals surface area contributed by atoms with Crippen molar-refractivity contribution < 1.29 is 18.3 Å². The molecule has 3 heterocycles. The molecule has 4 rings (SSSR count). The Morgan fingerprint density at radius 3 is 2.70 bits per heavy atom. The first-order valence-corrected chi connectivity index (χ1v) is 8.55. The number of halogens is 3. The average molecular weight is 393 g/mol. The van der Waals surface area contributed by atoms with Crippen LogP contribution in [0.25, 0.3) is 5.65 Å². The van der Waals surface area contributed by atoms with Crippen LogP contribution in [0.1, 0.15) is 33.0 Å². The standard InChI is InChI=1S/C18H15ClF2N4O2/c1-8-15(19)9(2)25-17(22-8)12-6-24(7-14(12)23-25)18(26)11-4-10(20)5-13(21)16(11)27-3/h4-5H,6-7H2,1-3H3. The number of aromatic nitrogens is 3. The summed E-state index contributed by atoms with van der Waals surface area (Å²) in [6.07, 6.45) is 0. The van der Waals surface area contributed by atoms with E-state index in [4.69, 9.17) is 16.3 Å². The Labute approximate surface area is 158 Å². The number of carbonyl (C=O) groups is 1. The SMILES string of the molecule is COc1c(F)cc(F)cc1C(=O)N1Cc2nn3c(C)c(Cl)c(C)nc3c2C1. The number of benzene rings is 1. The van der Waals surface area contributed by atoms with Gasteiger partial charge in [-0.3, -0.25) is 4.79 Å². The van der Waals surface area contributed by atoms with Crippen molar-refractivity contribution in [1.29, 1.82) is 0 Å². The molecule has 0 saturated carbocycles. The number of carbonyl (C=O) groups excluding carboxylic acids is 1. The second kappa shape index (κ2) is 6.16. The van der Waals surface area contributed by atoms with E-state index in [1.807, 2.05) is 6.92 Å². The summed E-state index contributed by atoms with van der Waals surface area (Å²) in [6.45, 7) is 4.07. The molecule has 0 bridgehead atoms. The highest BCUT2D eigenvalue weighted by Crippen LogP contribution is 2.32. The van der Waals surface area contributed by atoms with Crippen LogP contribution < -0.4 is 4.74 Å². The molecule has 1 aliphatic rings. The molecule has 0 fully saturated rings. The maximum atomic E-state index is 13.9. The molecule has 0 N–H and O–H groups in total. The topological polar surface area (TPSA) is 59.7 Å². The molecule has 6 nitrogen and oxygen atoms in total. The lowest BCUT2D eigenvalue weighted by atomic mass is 10.1. The largest absolute Gasteiger partial charge is 0.493 e. The van der Waals surface area contributed by atoms with Crippen molar-refractivity contribution in [3.63, 3.8) is 0 Å². The van der Waals surface area contributed by atoms with Crippen LogP contribution in [-0.4, -0.2) is 32.5 Å². The van der Waals surface area contributed by atoms with Gasteiger partial charge in [0.15, 0.2) is 17.2 Å². The number of aryl methyl sites for hydroxylation is 2. The first kappa shape index (κ1) is 17.7. The fourth-order valence-electron chi connectivity index (χ4n) is 3.35. The van der Waals surface area contributed by atoms with Crippen molar-refractivity contribution >= 4 is 23.2 Å². The molecule has 1 amide bonds. The molecule has 27 heavy (non-hydrogen) atoms. The molecule has 2 aromatic heterocycles. The highest BCUT2D eigenvalue weighted by molar-refractivity contribution is 6.31. The van der Waals surface area contributed by atoms with Crippen LogP contribution in [0.4, 0.5) is 8.78 Å². The van der Waals surface area contributed by atoms with Crippen molar-refractivity contribution in [2.75, 3.05) is 7.11 Å². The minimum atomic E-state index is -0.923. The number of methoxy groups -OCH3 is 1. The third-order valence-corrected chi connectivity index (χ3v) is 5.23. The summed E-state index contributed by atoms with van der Waals surface area (Å²) in [4.78, 5) is 18.8. The molecule has 0 aliphatic carbocycles. The smallest absolute Gasteiger partial charge is 0.258 e. The minimum absolute atomic E-state index is 0.166. The van der Waals surface area contributed by atoms with E-state index in [-0.39, 0.29) is 24.4 Å². The molecule has 1 aliphatic heterocycles. The van der Waals surface area contributed by atoms with Crippen LogP contribution in [-0.2, 0) is 13.1 Å². The lowest BCUT2D eigenvalue weighted by Gasteiger charge is -2.18. The number of ether oxygens (including phenoxy) is 1. The first-order valence-electron chi connectivity index (χ1n) is 8.17. The molecule has 9 heteroatoms. The zero-order chi connectivity index (χ0) is 19.5. The van der Waals surface area contributed by atoms with Crippen LogP contribution in [0, 0.1) is 25.5 Å². The Morgan fingerprint density at radius 2 is 2.00 bits per heavy atom. The lowest BCUT2D eigenvalue weighted by molar-refractivity contribution is 0.0744. The van der Waals surface area contributed by atoms with Crippen molar-refractivity contribution in [1.82, 2.24) is 19.5 Å². The number of hydrogen-bond acceptors (Lipinski definition) is 4. The average Bonchev–Trinajstić information content (AvgIpc) is 3.17. The van der Waals surface area contributed by atoms with Gasteiger partial charge in [0, 0.05) is 11.6 Å². The molecule has 0 spiro atoms. The number of rotatable bonds is 2. The van der Waals surface area contributed by atoms with Gasteiger partial charge in [0.05, 0.1) is 47.9 Å². The van der Waals surface area contributed by atoms with Gasteiger partial charge >= 0.3 is 0 Å². The van der Waals surface area contributed by atoms with E-state index in [1.165, 1.54) is 12.0 Å². The van der Waals surface area contributed by atoms with Crippen LogP contribution in [0.5, 0.6) is 5.75 Å². The van der Waals surface area contributed by atoms with Gasteiger partial charge in [-0.2, -0.15) is 5.10 Å². The highest BCUT2D eigenvalue weighted by atomic mass is 35.5. The predicted molar refractivity (Wildman–Crippen MR) is 94.0 cm³/mol. The summed E-state index contributed by atoms with van der Waals surface area (Å²) in [5.74, 6) is -2.58. The Bertz CT molecular complexity index is 1110. The van der Waals surface area contributed by atoms with Crippen molar-refractivity contribution in [2.45, 2.75) is 26.9 Å². The number of fused-ring (bicyclic) bond motifs is 3. The Hall–Kier alpha value is -2.74. The summed E-state index contributed by atoms with van der Waals surface area (Å²) >= 11 is 6.23. The van der Waals surface area contributed by atoms with E-state index in [2.05, 4.69) is 10.1 Å². The lowest BCUT2D eigenvalue weighted by Crippen LogP contribution is -2.27. The van der Waals surface area contributed by atoms with E-state index in [0.29, 0.717) is 28.1 Å². The minimum Gasteiger partial charge on any atom is -0.493 e. The molecular formula is C18H15ClF2N4O2. The quantitative estimate of drug-likeness (QED) is 0.670. The predicted octanol–water partition coefficient (Wildman–Crippen LogP) is 3.44. The van der Waals surface area contributed by atoms with Crippen LogP contribution >= 0.6 is 11.6 Å². The first-order chi connectivity index (χ1) is 12.8. The van der Waals surface area contributed by atoms with Gasteiger partial charge in [-0.15, -0.1) is 0 Å². The Kier molecular flexibility index (Phi) is 4.03. The zero-order valence-corrected chi connectivity index (χ0v) is 15.6. The van der Waals surface area contributed by atoms with E-state index in [1.54, 1.807) is 11.4 Å². The number of nitrogens with zero attached hydrogens (tertiary/aromatic N) is 4. The van der Waals surface area contributed by atoms with E-state index in [0.717, 1.165) is 17.3 Å². The normalized spacial score (nSPS) is 13.3. The van der Waals surface area contributed by atoms with Gasteiger partial charge in [0.2, 0.25) is 0 Å². The van der Waals surface area contributed by atoms with Gasteiger partial charge in [0.25, 0.3) is 5.91 Å². The molecule has 0 unspecified atom stereocenters. The molecule has 0 radical (unpaired) electrons. The second-order valence-electron chi connectivity index (χ2n) is 6.39. The third kappa shape index (κ3) is 2.63. The second-order valence-corrected chi connectivity index (χ2v) is 6.76. The maximum absolute atomic E-state index is 13.9. The van der Waals surface area contributed by atoms with Crippen LogP contribution in [0.15, 0.2) is 12.1 Å². The highest BCUT2D eigenvalue weighted by Gasteiger charge is 2.32. The van der Waals surface area contributed by atoms with Crippen molar-refractivity contribution in [2.24, 2.45) is 0 Å². The van der Waals surface area contributed by atoms with Crippen LogP contribution in [0.2, 0.25) is 5.02 Å². The molecule has 140 valence electrons. The fourth-order valence-corrected chi connectivity index (χ4v) is 3.48. The summed E-state index contributed by atoms with van der Waals surface area (Å²) < 4.78 is 34.2. The number of amides is 1. The maximum Gasteiger partial charge on any atom is 0.258 e. The molecule has 3 aromatic rings. The monoisotopic (exact) mass is 392 g/mol. The van der Waals surface area contributed by atoms with Crippen LogP contribution in [0.3, 0.4) is 0 Å².